The Morgan fingerprint density at radius 1 is 0.962 bits per heavy atom. The molecule has 1 unspecified atom stereocenters. The molecule has 0 aromatic heterocycles. The minimum Gasteiger partial charge on any atom is -0.480 e. The molecule has 5 nitrogen and oxygen atoms in total. The second kappa shape index (κ2) is 8.94. The van der Waals surface area contributed by atoms with Crippen LogP contribution in [0, 0.1) is 13.8 Å². The van der Waals surface area contributed by atoms with E-state index in [0.29, 0.717) is 5.56 Å². The molecule has 26 heavy (non-hydrogen) atoms. The maximum absolute atomic E-state index is 12.2. The summed E-state index contributed by atoms with van der Waals surface area (Å²) in [6.07, 6.45) is 0.212. The fourth-order valence-electron chi connectivity index (χ4n) is 2.60. The summed E-state index contributed by atoms with van der Waals surface area (Å²) < 4.78 is 0. The van der Waals surface area contributed by atoms with E-state index in [1.807, 2.05) is 56.3 Å². The van der Waals surface area contributed by atoms with Crippen molar-refractivity contribution in [3.05, 3.63) is 70.8 Å². The minimum absolute atomic E-state index is 0.0374. The predicted molar refractivity (Wildman–Crippen MR) is 99.2 cm³/mol. The lowest BCUT2D eigenvalue weighted by Gasteiger charge is -2.14. The Bertz CT molecular complexity index is 799. The summed E-state index contributed by atoms with van der Waals surface area (Å²) in [7, 11) is 0. The van der Waals surface area contributed by atoms with Gasteiger partial charge in [0, 0.05) is 24.8 Å². The summed E-state index contributed by atoms with van der Waals surface area (Å²) in [4.78, 5) is 35.7. The van der Waals surface area contributed by atoms with E-state index in [4.69, 9.17) is 0 Å². The van der Waals surface area contributed by atoms with Crippen molar-refractivity contribution in [2.24, 2.45) is 0 Å². The number of hydrogen-bond donors (Lipinski definition) is 2. The molecule has 136 valence electrons. The van der Waals surface area contributed by atoms with Crippen LogP contribution in [0.25, 0.3) is 0 Å². The number of nitrogens with one attached hydrogen (secondary N) is 1. The molecular formula is C21H23NO4. The van der Waals surface area contributed by atoms with Gasteiger partial charge in [-0.25, -0.2) is 4.79 Å². The second-order valence-corrected chi connectivity index (χ2v) is 6.37. The summed E-state index contributed by atoms with van der Waals surface area (Å²) >= 11 is 0. The molecule has 0 spiro atoms. The standard InChI is InChI=1S/C21H23NO4/c1-14-8-9-17(12-15(14)2)19(23)10-11-20(24)22-18(21(25)26)13-16-6-4-3-5-7-16/h3-9,12,18H,10-11,13H2,1-2H3,(H,22,24)(H,25,26). The first-order valence-corrected chi connectivity index (χ1v) is 8.53. The number of carboxylic acids is 1. The van der Waals surface area contributed by atoms with Gasteiger partial charge in [0.25, 0.3) is 0 Å². The molecule has 0 aliphatic rings. The lowest BCUT2D eigenvalue weighted by molar-refractivity contribution is -0.141. The van der Waals surface area contributed by atoms with Gasteiger partial charge in [-0.15, -0.1) is 0 Å². The molecule has 0 heterocycles. The number of carbonyl (C=O) groups is 3. The van der Waals surface area contributed by atoms with Gasteiger partial charge in [0.2, 0.25) is 5.91 Å². The highest BCUT2D eigenvalue weighted by molar-refractivity contribution is 5.98. The molecule has 0 bridgehead atoms. The molecule has 1 atom stereocenters. The maximum Gasteiger partial charge on any atom is 0.326 e. The Balaban J connectivity index is 1.90. The van der Waals surface area contributed by atoms with Gasteiger partial charge in [-0.3, -0.25) is 9.59 Å². The average Bonchev–Trinajstić information content (AvgIpc) is 2.62. The van der Waals surface area contributed by atoms with Gasteiger partial charge in [-0.2, -0.15) is 0 Å². The monoisotopic (exact) mass is 353 g/mol. The van der Waals surface area contributed by atoms with Gasteiger partial charge in [0.1, 0.15) is 6.04 Å². The van der Waals surface area contributed by atoms with Crippen LogP contribution in [0.2, 0.25) is 0 Å². The topological polar surface area (TPSA) is 83.5 Å². The van der Waals surface area contributed by atoms with Crippen molar-refractivity contribution in [1.29, 1.82) is 0 Å². The first-order valence-electron chi connectivity index (χ1n) is 8.53. The second-order valence-electron chi connectivity index (χ2n) is 6.37. The number of amides is 1. The van der Waals surface area contributed by atoms with Crippen molar-refractivity contribution < 1.29 is 19.5 Å². The lowest BCUT2D eigenvalue weighted by atomic mass is 10.0. The lowest BCUT2D eigenvalue weighted by Crippen LogP contribution is -2.42. The highest BCUT2D eigenvalue weighted by atomic mass is 16.4. The van der Waals surface area contributed by atoms with Crippen LogP contribution in [0.3, 0.4) is 0 Å². The molecule has 2 N–H and O–H groups in total. The van der Waals surface area contributed by atoms with E-state index in [2.05, 4.69) is 5.32 Å². The smallest absolute Gasteiger partial charge is 0.326 e. The van der Waals surface area contributed by atoms with Crippen LogP contribution in [0.15, 0.2) is 48.5 Å². The van der Waals surface area contributed by atoms with E-state index >= 15 is 0 Å². The van der Waals surface area contributed by atoms with Crippen molar-refractivity contribution >= 4 is 17.7 Å². The fourth-order valence-corrected chi connectivity index (χ4v) is 2.60. The number of carboxylic acid groups (broad SMARTS) is 1. The van der Waals surface area contributed by atoms with Gasteiger partial charge in [0.15, 0.2) is 5.78 Å². The van der Waals surface area contributed by atoms with Crippen LogP contribution >= 0.6 is 0 Å². The third-order valence-corrected chi connectivity index (χ3v) is 4.32. The van der Waals surface area contributed by atoms with Crippen LogP contribution < -0.4 is 5.32 Å². The molecular weight excluding hydrogens is 330 g/mol. The first-order chi connectivity index (χ1) is 12.4. The minimum atomic E-state index is -1.09. The Hall–Kier alpha value is -2.95. The zero-order valence-corrected chi connectivity index (χ0v) is 15.0. The van der Waals surface area contributed by atoms with Gasteiger partial charge in [-0.05, 0) is 36.6 Å². The number of aryl methyl sites for hydroxylation is 2. The first kappa shape index (κ1) is 19.4. The molecule has 2 aromatic carbocycles. The van der Waals surface area contributed by atoms with E-state index < -0.39 is 17.9 Å². The zero-order chi connectivity index (χ0) is 19.1. The highest BCUT2D eigenvalue weighted by Gasteiger charge is 2.20. The number of ketones is 1. The number of aliphatic carboxylic acids is 1. The molecule has 5 heteroatoms. The third-order valence-electron chi connectivity index (χ3n) is 4.32. The van der Waals surface area contributed by atoms with Crippen LogP contribution in [-0.4, -0.2) is 28.8 Å². The van der Waals surface area contributed by atoms with Gasteiger partial charge < -0.3 is 10.4 Å². The number of rotatable bonds is 8. The van der Waals surface area contributed by atoms with Crippen molar-refractivity contribution in [2.75, 3.05) is 0 Å². The van der Waals surface area contributed by atoms with Crippen LogP contribution in [0.1, 0.15) is 39.9 Å². The molecule has 0 aliphatic carbocycles. The van der Waals surface area contributed by atoms with E-state index in [0.717, 1.165) is 16.7 Å². The molecule has 0 fully saturated rings. The Morgan fingerprint density at radius 3 is 2.27 bits per heavy atom. The molecule has 2 rings (SSSR count). The van der Waals surface area contributed by atoms with E-state index in [9.17, 15) is 19.5 Å². The maximum atomic E-state index is 12.2. The van der Waals surface area contributed by atoms with Crippen LogP contribution in [-0.2, 0) is 16.0 Å². The zero-order valence-electron chi connectivity index (χ0n) is 15.0. The summed E-state index contributed by atoms with van der Waals surface area (Å²) in [5.74, 6) is -1.66. The molecule has 0 radical (unpaired) electrons. The SMILES string of the molecule is Cc1ccc(C(=O)CCC(=O)NC(Cc2ccccc2)C(=O)O)cc1C. The van der Waals surface area contributed by atoms with Crippen molar-refractivity contribution in [1.82, 2.24) is 5.32 Å². The van der Waals surface area contributed by atoms with E-state index in [1.165, 1.54) is 0 Å². The Labute approximate surface area is 153 Å². The van der Waals surface area contributed by atoms with Crippen molar-refractivity contribution in [2.45, 2.75) is 39.2 Å². The number of hydrogen-bond acceptors (Lipinski definition) is 3. The fraction of sp³-hybridized carbons (Fsp3) is 0.286. The third kappa shape index (κ3) is 5.55. The molecule has 0 saturated carbocycles. The number of benzene rings is 2. The summed E-state index contributed by atoms with van der Waals surface area (Å²) in [6, 6.07) is 13.5. The van der Waals surface area contributed by atoms with Crippen molar-refractivity contribution in [3.8, 4) is 0 Å². The number of carbonyl (C=O) groups excluding carboxylic acids is 2. The number of Topliss-reactive ketones (excluding diaryl/α,β-unsaturated/α-hetero) is 1. The van der Waals surface area contributed by atoms with Crippen molar-refractivity contribution in [3.63, 3.8) is 0 Å². The van der Waals surface area contributed by atoms with Crippen LogP contribution in [0.4, 0.5) is 0 Å². The van der Waals surface area contributed by atoms with E-state index in [-0.39, 0.29) is 25.0 Å². The van der Waals surface area contributed by atoms with Gasteiger partial charge in [-0.1, -0.05) is 42.5 Å². The highest BCUT2D eigenvalue weighted by Crippen LogP contribution is 2.12. The predicted octanol–water partition coefficient (Wildman–Crippen LogP) is 3.08. The normalized spacial score (nSPS) is 11.6. The Kier molecular flexibility index (Phi) is 6.67. The van der Waals surface area contributed by atoms with E-state index in [1.54, 1.807) is 6.07 Å². The summed E-state index contributed by atoms with van der Waals surface area (Å²) in [6.45, 7) is 3.90. The molecule has 0 saturated heterocycles. The van der Waals surface area contributed by atoms with Crippen LogP contribution in [0.5, 0.6) is 0 Å². The average molecular weight is 353 g/mol. The largest absolute Gasteiger partial charge is 0.480 e. The Morgan fingerprint density at radius 2 is 1.65 bits per heavy atom. The van der Waals surface area contributed by atoms with Gasteiger partial charge >= 0.3 is 5.97 Å². The summed E-state index contributed by atoms with van der Waals surface area (Å²) in [5, 5.41) is 11.8. The molecule has 0 aliphatic heterocycles. The summed E-state index contributed by atoms with van der Waals surface area (Å²) in [5.41, 5.74) is 3.52. The molecule has 1 amide bonds. The van der Waals surface area contributed by atoms with Gasteiger partial charge in [0.05, 0.1) is 0 Å². The quantitative estimate of drug-likeness (QED) is 0.715. The molecule has 2 aromatic rings.